The summed E-state index contributed by atoms with van der Waals surface area (Å²) in [6, 6.07) is 0. The molecule has 0 aromatic heterocycles. The third-order valence-electron chi connectivity index (χ3n) is 3.80. The van der Waals surface area contributed by atoms with Crippen molar-refractivity contribution in [3.05, 3.63) is 0 Å². The van der Waals surface area contributed by atoms with Gasteiger partial charge in [-0.15, -0.1) is 0 Å². The lowest BCUT2D eigenvalue weighted by Crippen LogP contribution is -2.44. The van der Waals surface area contributed by atoms with Crippen molar-refractivity contribution in [2.45, 2.75) is 32.1 Å². The number of carbonyl (C=O) groups is 2. The molecule has 2 fully saturated rings. The highest BCUT2D eigenvalue weighted by atomic mass is 16.5. The van der Waals surface area contributed by atoms with Crippen LogP contribution in [0.2, 0.25) is 0 Å². The summed E-state index contributed by atoms with van der Waals surface area (Å²) in [6.07, 6.45) is 4.33. The Morgan fingerprint density at radius 1 is 1.28 bits per heavy atom. The molecule has 0 spiro atoms. The number of likely N-dealkylation sites (tertiary alicyclic amines) is 1. The fourth-order valence-electron chi connectivity index (χ4n) is 2.47. The Labute approximate surface area is 108 Å². The summed E-state index contributed by atoms with van der Waals surface area (Å²) in [5.41, 5.74) is -0.725. The van der Waals surface area contributed by atoms with E-state index in [4.69, 9.17) is 4.74 Å². The Kier molecular flexibility index (Phi) is 4.22. The highest BCUT2D eigenvalue weighted by Crippen LogP contribution is 2.47. The molecule has 0 bridgehead atoms. The highest BCUT2D eigenvalue weighted by molar-refractivity contribution is 6.07. The first-order chi connectivity index (χ1) is 8.70. The van der Waals surface area contributed by atoms with Crippen LogP contribution in [0.15, 0.2) is 0 Å². The van der Waals surface area contributed by atoms with Crippen molar-refractivity contribution < 1.29 is 14.3 Å². The van der Waals surface area contributed by atoms with Crippen molar-refractivity contribution in [3.63, 3.8) is 0 Å². The minimum atomic E-state index is -0.725. The van der Waals surface area contributed by atoms with Crippen molar-refractivity contribution in [1.29, 1.82) is 0 Å². The zero-order valence-corrected chi connectivity index (χ0v) is 11.0. The van der Waals surface area contributed by atoms with E-state index in [1.54, 1.807) is 7.11 Å². The average molecular weight is 254 g/mol. The maximum absolute atomic E-state index is 12.3. The molecule has 2 rings (SSSR count). The van der Waals surface area contributed by atoms with Crippen LogP contribution in [0.25, 0.3) is 0 Å². The Balaban J connectivity index is 1.82. The van der Waals surface area contributed by atoms with Crippen LogP contribution < -0.4 is 5.32 Å². The Hall–Kier alpha value is -1.10. The molecule has 0 aromatic carbocycles. The molecule has 1 saturated carbocycles. The molecule has 0 radical (unpaired) electrons. The molecule has 0 unspecified atom stereocenters. The van der Waals surface area contributed by atoms with Gasteiger partial charge in [0.1, 0.15) is 5.41 Å². The van der Waals surface area contributed by atoms with Crippen molar-refractivity contribution in [2.75, 3.05) is 33.4 Å². The van der Waals surface area contributed by atoms with E-state index in [0.717, 1.165) is 32.4 Å². The number of carbonyl (C=O) groups excluding carboxylic acids is 2. The van der Waals surface area contributed by atoms with Gasteiger partial charge >= 0.3 is 0 Å². The smallest absolute Gasteiger partial charge is 0.238 e. The van der Waals surface area contributed by atoms with E-state index in [0.29, 0.717) is 26.0 Å². The maximum atomic E-state index is 12.3. The minimum absolute atomic E-state index is 0.0456. The quantitative estimate of drug-likeness (QED) is 0.556. The topological polar surface area (TPSA) is 58.6 Å². The third kappa shape index (κ3) is 2.66. The summed E-state index contributed by atoms with van der Waals surface area (Å²) in [6.45, 7) is 2.85. The second-order valence-corrected chi connectivity index (χ2v) is 5.18. The number of amides is 2. The highest BCUT2D eigenvalue weighted by Gasteiger charge is 2.57. The van der Waals surface area contributed by atoms with Gasteiger partial charge in [0.2, 0.25) is 11.8 Å². The summed E-state index contributed by atoms with van der Waals surface area (Å²) in [4.78, 5) is 26.2. The summed E-state index contributed by atoms with van der Waals surface area (Å²) >= 11 is 0. The van der Waals surface area contributed by atoms with Crippen molar-refractivity contribution in [2.24, 2.45) is 5.41 Å². The summed E-state index contributed by atoms with van der Waals surface area (Å²) in [7, 11) is 1.64. The number of hydrogen-bond donors (Lipinski definition) is 1. The fraction of sp³-hybridized carbons (Fsp3) is 0.846. The van der Waals surface area contributed by atoms with Gasteiger partial charge in [-0.25, -0.2) is 0 Å². The van der Waals surface area contributed by atoms with Gasteiger partial charge in [-0.3, -0.25) is 9.59 Å². The molecule has 102 valence electrons. The Morgan fingerprint density at radius 3 is 2.50 bits per heavy atom. The number of nitrogens with zero attached hydrogens (tertiary/aromatic N) is 1. The van der Waals surface area contributed by atoms with Crippen LogP contribution in [0.5, 0.6) is 0 Å². The standard InChI is InChI=1S/C13H22N2O3/c1-18-10-4-7-14-11(16)13(5-6-13)12(17)15-8-2-3-9-15/h2-10H2,1H3,(H,14,16). The van der Waals surface area contributed by atoms with E-state index in [-0.39, 0.29) is 11.8 Å². The normalized spacial score (nSPS) is 20.8. The molecular weight excluding hydrogens is 232 g/mol. The summed E-state index contributed by atoms with van der Waals surface area (Å²) in [5.74, 6) is -0.0419. The van der Waals surface area contributed by atoms with Crippen LogP contribution in [0.4, 0.5) is 0 Å². The molecule has 1 aliphatic heterocycles. The first-order valence-electron chi connectivity index (χ1n) is 6.77. The van der Waals surface area contributed by atoms with E-state index in [1.165, 1.54) is 0 Å². The number of methoxy groups -OCH3 is 1. The van der Waals surface area contributed by atoms with Crippen LogP contribution in [0, 0.1) is 5.41 Å². The van der Waals surface area contributed by atoms with E-state index >= 15 is 0 Å². The predicted molar refractivity (Wildman–Crippen MR) is 67.0 cm³/mol. The fourth-order valence-corrected chi connectivity index (χ4v) is 2.47. The van der Waals surface area contributed by atoms with Gasteiger partial charge in [0.15, 0.2) is 0 Å². The number of hydrogen-bond acceptors (Lipinski definition) is 3. The van der Waals surface area contributed by atoms with Crippen LogP contribution in [0.1, 0.15) is 32.1 Å². The van der Waals surface area contributed by atoms with Gasteiger partial charge in [0.05, 0.1) is 0 Å². The molecule has 1 N–H and O–H groups in total. The van der Waals surface area contributed by atoms with Crippen LogP contribution in [-0.2, 0) is 14.3 Å². The molecule has 1 aliphatic carbocycles. The Bertz CT molecular complexity index is 320. The molecule has 2 amide bonds. The first kappa shape index (κ1) is 13.3. The number of nitrogens with one attached hydrogen (secondary N) is 1. The minimum Gasteiger partial charge on any atom is -0.385 e. The number of rotatable bonds is 6. The van der Waals surface area contributed by atoms with Crippen LogP contribution in [-0.4, -0.2) is 50.1 Å². The largest absolute Gasteiger partial charge is 0.385 e. The molecule has 0 aromatic rings. The van der Waals surface area contributed by atoms with Gasteiger partial charge in [0, 0.05) is 33.4 Å². The third-order valence-corrected chi connectivity index (χ3v) is 3.80. The molecule has 18 heavy (non-hydrogen) atoms. The van der Waals surface area contributed by atoms with Crippen LogP contribution >= 0.6 is 0 Å². The van der Waals surface area contributed by atoms with Gasteiger partial charge in [-0.1, -0.05) is 0 Å². The second kappa shape index (κ2) is 5.69. The molecule has 0 atom stereocenters. The SMILES string of the molecule is COCCCNC(=O)C1(C(=O)N2CCCC2)CC1. The lowest BCUT2D eigenvalue weighted by Gasteiger charge is -2.22. The zero-order chi connectivity index (χ0) is 13.0. The molecule has 2 aliphatic rings. The molecule has 1 heterocycles. The predicted octanol–water partition coefficient (Wildman–Crippen LogP) is 0.542. The number of ether oxygens (including phenoxy) is 1. The van der Waals surface area contributed by atoms with Gasteiger partial charge in [0.25, 0.3) is 0 Å². The zero-order valence-electron chi connectivity index (χ0n) is 11.0. The summed E-state index contributed by atoms with van der Waals surface area (Å²) < 4.78 is 4.93. The van der Waals surface area contributed by atoms with Gasteiger partial charge in [-0.2, -0.15) is 0 Å². The van der Waals surface area contributed by atoms with Crippen molar-refractivity contribution >= 4 is 11.8 Å². The Morgan fingerprint density at radius 2 is 1.94 bits per heavy atom. The van der Waals surface area contributed by atoms with E-state index in [9.17, 15) is 9.59 Å². The monoisotopic (exact) mass is 254 g/mol. The second-order valence-electron chi connectivity index (χ2n) is 5.18. The average Bonchev–Trinajstić information content (AvgIpc) is 3.01. The van der Waals surface area contributed by atoms with Crippen molar-refractivity contribution in [1.82, 2.24) is 10.2 Å². The maximum Gasteiger partial charge on any atom is 0.238 e. The molecule has 1 saturated heterocycles. The molecular formula is C13H22N2O3. The summed E-state index contributed by atoms with van der Waals surface area (Å²) in [5, 5.41) is 2.86. The van der Waals surface area contributed by atoms with E-state index in [1.807, 2.05) is 4.90 Å². The van der Waals surface area contributed by atoms with Gasteiger partial charge in [-0.05, 0) is 32.1 Å². The van der Waals surface area contributed by atoms with Crippen LogP contribution in [0.3, 0.4) is 0 Å². The first-order valence-corrected chi connectivity index (χ1v) is 6.77. The lowest BCUT2D eigenvalue weighted by molar-refractivity contribution is -0.143. The molecule has 5 heteroatoms. The van der Waals surface area contributed by atoms with Gasteiger partial charge < -0.3 is 15.0 Å². The lowest BCUT2D eigenvalue weighted by atomic mass is 10.0. The molecule has 5 nitrogen and oxygen atoms in total. The van der Waals surface area contributed by atoms with E-state index < -0.39 is 5.41 Å². The van der Waals surface area contributed by atoms with E-state index in [2.05, 4.69) is 5.32 Å². The van der Waals surface area contributed by atoms with Crippen molar-refractivity contribution in [3.8, 4) is 0 Å².